The van der Waals surface area contributed by atoms with Crippen LogP contribution in [-0.4, -0.2) is 44.6 Å². The molecule has 0 saturated carbocycles. The number of hydrogen-bond acceptors (Lipinski definition) is 6. The van der Waals surface area contributed by atoms with Gasteiger partial charge in [0.25, 0.3) is 0 Å². The highest BCUT2D eigenvalue weighted by Gasteiger charge is 2.44. The maximum atomic E-state index is 12.9. The van der Waals surface area contributed by atoms with E-state index in [-0.39, 0.29) is 0 Å². The lowest BCUT2D eigenvalue weighted by Gasteiger charge is -2.41. The average Bonchev–Trinajstić information content (AvgIpc) is 3.13. The van der Waals surface area contributed by atoms with Gasteiger partial charge in [-0.1, -0.05) is 109 Å². The number of unbranched alkanes of at least 4 members (excludes halogenated alkanes) is 1. The number of benzene rings is 4. The van der Waals surface area contributed by atoms with Crippen molar-refractivity contribution in [2.75, 3.05) is 20.3 Å². The van der Waals surface area contributed by atoms with E-state index in [4.69, 9.17) is 23.7 Å². The molecule has 0 amide bonds. The molecule has 0 spiro atoms. The molecule has 252 valence electrons. The Morgan fingerprint density at radius 2 is 1.50 bits per heavy atom. The first-order chi connectivity index (χ1) is 23.5. The molecule has 0 aromatic heterocycles. The van der Waals surface area contributed by atoms with E-state index in [1.165, 1.54) is 29.4 Å². The first-order valence-corrected chi connectivity index (χ1v) is 16.9. The van der Waals surface area contributed by atoms with Crippen molar-refractivity contribution in [2.24, 2.45) is 0 Å². The van der Waals surface area contributed by atoms with Gasteiger partial charge in [-0.15, -0.1) is 6.58 Å². The Morgan fingerprint density at radius 1 is 0.833 bits per heavy atom. The molecule has 4 aromatic rings. The van der Waals surface area contributed by atoms with E-state index in [0.717, 1.165) is 49.0 Å². The van der Waals surface area contributed by atoms with Crippen LogP contribution in [0.4, 0.5) is 0 Å². The molecule has 0 N–H and O–H groups in total. The third kappa shape index (κ3) is 10.2. The molecule has 0 aliphatic carbocycles. The van der Waals surface area contributed by atoms with Crippen LogP contribution in [0, 0.1) is 6.92 Å². The fourth-order valence-electron chi connectivity index (χ4n) is 6.11. The third-order valence-electron chi connectivity index (χ3n) is 8.84. The molecule has 1 fully saturated rings. The topological polar surface area (TPSA) is 63.2 Å². The first-order valence-electron chi connectivity index (χ1n) is 16.9. The smallest absolute Gasteiger partial charge is 0.335 e. The largest absolute Gasteiger partial charge is 0.467 e. The van der Waals surface area contributed by atoms with Gasteiger partial charge >= 0.3 is 5.97 Å². The highest BCUT2D eigenvalue weighted by molar-refractivity contribution is 5.74. The minimum atomic E-state index is -0.775. The van der Waals surface area contributed by atoms with Crippen molar-refractivity contribution in [3.05, 3.63) is 155 Å². The van der Waals surface area contributed by atoms with Gasteiger partial charge in [0.05, 0.1) is 33.0 Å². The Labute approximate surface area is 285 Å². The van der Waals surface area contributed by atoms with E-state index in [1.54, 1.807) is 6.08 Å². The molecule has 0 unspecified atom stereocenters. The molecular weight excluding hydrogens is 600 g/mol. The van der Waals surface area contributed by atoms with E-state index < -0.39 is 30.4 Å². The fraction of sp³-hybridized carbons (Fsp3) is 0.357. The van der Waals surface area contributed by atoms with Crippen LogP contribution in [0.2, 0.25) is 0 Å². The second-order valence-electron chi connectivity index (χ2n) is 12.4. The highest BCUT2D eigenvalue weighted by Crippen LogP contribution is 2.38. The summed E-state index contributed by atoms with van der Waals surface area (Å²) >= 11 is 0. The zero-order valence-corrected chi connectivity index (χ0v) is 28.2. The summed E-state index contributed by atoms with van der Waals surface area (Å²) in [5, 5.41) is 0. The Hall–Kier alpha value is -4.07. The van der Waals surface area contributed by atoms with Crippen LogP contribution in [-0.2, 0) is 54.5 Å². The number of methoxy groups -OCH3 is 1. The minimum Gasteiger partial charge on any atom is -0.467 e. The van der Waals surface area contributed by atoms with E-state index in [0.29, 0.717) is 26.2 Å². The van der Waals surface area contributed by atoms with Crippen LogP contribution in [0.5, 0.6) is 0 Å². The van der Waals surface area contributed by atoms with Gasteiger partial charge in [0.2, 0.25) is 0 Å². The number of aryl methyl sites for hydroxylation is 2. The Kier molecular flexibility index (Phi) is 13.6. The van der Waals surface area contributed by atoms with Gasteiger partial charge in [-0.05, 0) is 71.6 Å². The standard InChI is InChI=1S/C42H48O6/c1-4-24-45-25-12-11-13-32-19-21-33(22-20-32)26-37-27-36(23-18-31(37)2)40-41(47-30-35-16-9-6-10-17-35)38(28-39(48-40)42(43)44-3)46-29-34-14-7-5-8-15-34/h4-10,14-23,27,38-41H,1,11-13,24-26,28-30H2,2-3H3/t38-,39-,40-,41+/m0/s1. The van der Waals surface area contributed by atoms with Gasteiger partial charge in [-0.2, -0.15) is 0 Å². The highest BCUT2D eigenvalue weighted by atomic mass is 16.6. The van der Waals surface area contributed by atoms with Crippen LogP contribution < -0.4 is 0 Å². The summed E-state index contributed by atoms with van der Waals surface area (Å²) in [6.45, 7) is 8.00. The predicted octanol–water partition coefficient (Wildman–Crippen LogP) is 8.28. The molecule has 6 nitrogen and oxygen atoms in total. The van der Waals surface area contributed by atoms with Crippen molar-refractivity contribution in [3.63, 3.8) is 0 Å². The molecule has 6 heteroatoms. The fourth-order valence-corrected chi connectivity index (χ4v) is 6.11. The van der Waals surface area contributed by atoms with Crippen LogP contribution in [0.3, 0.4) is 0 Å². The van der Waals surface area contributed by atoms with Crippen molar-refractivity contribution in [2.45, 2.75) is 76.7 Å². The average molecular weight is 649 g/mol. The normalized spacial score (nSPS) is 19.1. The Bertz CT molecular complexity index is 1550. The summed E-state index contributed by atoms with van der Waals surface area (Å²) in [5.74, 6) is -0.411. The van der Waals surface area contributed by atoms with E-state index >= 15 is 0 Å². The van der Waals surface area contributed by atoms with Crippen molar-refractivity contribution >= 4 is 5.97 Å². The third-order valence-corrected chi connectivity index (χ3v) is 8.84. The van der Waals surface area contributed by atoms with Crippen LogP contribution in [0.25, 0.3) is 0 Å². The lowest BCUT2D eigenvalue weighted by atomic mass is 9.89. The molecule has 0 radical (unpaired) electrons. The number of esters is 1. The lowest BCUT2D eigenvalue weighted by Crippen LogP contribution is -2.49. The van der Waals surface area contributed by atoms with Gasteiger partial charge in [0.15, 0.2) is 6.10 Å². The minimum absolute atomic E-state index is 0.336. The first kappa shape index (κ1) is 35.2. The van der Waals surface area contributed by atoms with Gasteiger partial charge in [0, 0.05) is 13.0 Å². The molecule has 1 aliphatic rings. The molecule has 1 heterocycles. The molecule has 0 bridgehead atoms. The maximum absolute atomic E-state index is 12.9. The van der Waals surface area contributed by atoms with Gasteiger partial charge in [0.1, 0.15) is 12.2 Å². The summed E-state index contributed by atoms with van der Waals surface area (Å²) in [4.78, 5) is 12.9. The zero-order valence-electron chi connectivity index (χ0n) is 28.2. The van der Waals surface area contributed by atoms with Gasteiger partial charge < -0.3 is 23.7 Å². The van der Waals surface area contributed by atoms with Crippen molar-refractivity contribution in [1.29, 1.82) is 0 Å². The van der Waals surface area contributed by atoms with Crippen LogP contribution in [0.1, 0.15) is 64.3 Å². The summed E-state index contributed by atoms with van der Waals surface area (Å²) in [7, 11) is 1.40. The van der Waals surface area contributed by atoms with E-state index in [2.05, 4.69) is 56.0 Å². The van der Waals surface area contributed by atoms with Crippen LogP contribution >= 0.6 is 0 Å². The number of ether oxygens (including phenoxy) is 5. The molecule has 1 aliphatic heterocycles. The molecular formula is C42H48O6. The van der Waals surface area contributed by atoms with Crippen LogP contribution in [0.15, 0.2) is 116 Å². The van der Waals surface area contributed by atoms with E-state index in [9.17, 15) is 4.79 Å². The molecule has 4 atom stereocenters. The maximum Gasteiger partial charge on any atom is 0.335 e. The summed E-state index contributed by atoms with van der Waals surface area (Å²) in [6, 6.07) is 35.5. The van der Waals surface area contributed by atoms with Crippen molar-refractivity contribution in [1.82, 2.24) is 0 Å². The van der Waals surface area contributed by atoms with Crippen molar-refractivity contribution in [3.8, 4) is 0 Å². The quantitative estimate of drug-likeness (QED) is 0.0653. The SMILES string of the molecule is C=CCOCCCCc1ccc(Cc2cc([C@@H]3O[C@H](C(=O)OC)C[C@H](OCc4ccccc4)[C@H]3OCc3ccccc3)ccc2C)cc1. The predicted molar refractivity (Wildman–Crippen MR) is 189 cm³/mol. The Balaban J connectivity index is 1.35. The summed E-state index contributed by atoms with van der Waals surface area (Å²) in [5.41, 5.74) is 8.03. The number of carbonyl (C=O) groups excluding carboxylic acids is 1. The summed E-state index contributed by atoms with van der Waals surface area (Å²) in [6.07, 6.45) is 3.90. The second-order valence-corrected chi connectivity index (χ2v) is 12.4. The second kappa shape index (κ2) is 18.5. The van der Waals surface area contributed by atoms with Gasteiger partial charge in [-0.3, -0.25) is 0 Å². The molecule has 48 heavy (non-hydrogen) atoms. The zero-order chi connectivity index (χ0) is 33.6. The number of hydrogen-bond donors (Lipinski definition) is 0. The molecule has 4 aromatic carbocycles. The lowest BCUT2D eigenvalue weighted by molar-refractivity contribution is -0.218. The van der Waals surface area contributed by atoms with Gasteiger partial charge in [-0.25, -0.2) is 4.79 Å². The monoisotopic (exact) mass is 648 g/mol. The number of rotatable bonds is 17. The van der Waals surface area contributed by atoms with E-state index in [1.807, 2.05) is 60.7 Å². The molecule has 5 rings (SSSR count). The summed E-state index contributed by atoms with van der Waals surface area (Å²) < 4.78 is 30.4. The molecule has 1 saturated heterocycles. The van der Waals surface area contributed by atoms with Crippen molar-refractivity contribution < 1.29 is 28.5 Å². The number of carbonyl (C=O) groups is 1. The Morgan fingerprint density at radius 3 is 2.17 bits per heavy atom.